The van der Waals surface area contributed by atoms with Gasteiger partial charge in [0.15, 0.2) is 0 Å². The molecule has 2 aromatic rings. The number of nitrogens with zero attached hydrogens (tertiary/aromatic N) is 1. The van der Waals surface area contributed by atoms with Gasteiger partial charge in [-0.15, -0.1) is 0 Å². The lowest BCUT2D eigenvalue weighted by Gasteiger charge is -2.31. The Hall–Kier alpha value is -2.61. The van der Waals surface area contributed by atoms with Gasteiger partial charge in [-0.2, -0.15) is 0 Å². The van der Waals surface area contributed by atoms with Crippen molar-refractivity contribution in [2.75, 3.05) is 19.8 Å². The molecule has 4 rings (SSSR count). The molecule has 7 nitrogen and oxygen atoms in total. The zero-order valence-electron chi connectivity index (χ0n) is 21.1. The van der Waals surface area contributed by atoms with E-state index in [-0.39, 0.29) is 41.8 Å². The van der Waals surface area contributed by atoms with Crippen molar-refractivity contribution in [3.8, 4) is 11.5 Å². The maximum absolute atomic E-state index is 13.5. The van der Waals surface area contributed by atoms with Crippen molar-refractivity contribution < 1.29 is 19.4 Å². The van der Waals surface area contributed by atoms with E-state index in [2.05, 4.69) is 29.9 Å². The van der Waals surface area contributed by atoms with E-state index < -0.39 is 0 Å². The number of rotatable bonds is 12. The Labute approximate surface area is 208 Å². The Balaban J connectivity index is 1.58. The first-order valence-corrected chi connectivity index (χ1v) is 12.9. The lowest BCUT2D eigenvalue weighted by Crippen LogP contribution is -2.41. The lowest BCUT2D eigenvalue weighted by molar-refractivity contribution is -0.131. The first-order chi connectivity index (χ1) is 17.0. The fraction of sp³-hybridized carbons (Fsp3) is 0.536. The van der Waals surface area contributed by atoms with Crippen LogP contribution >= 0.6 is 0 Å². The number of hydrogen-bond donors (Lipinski definition) is 3. The number of phenols is 1. The Morgan fingerprint density at radius 1 is 0.971 bits per heavy atom. The summed E-state index contributed by atoms with van der Waals surface area (Å²) in [5, 5.41) is 10.6. The number of aromatic hydroxyl groups is 1. The molecule has 0 saturated carbocycles. The SMILES string of the molecule is CCCCCOc1ccc(C2C3C(NNC3c3ccccc3O)C(=O)N2CCCOC(C)C)cc1. The van der Waals surface area contributed by atoms with Crippen LogP contribution in [-0.4, -0.2) is 47.8 Å². The van der Waals surface area contributed by atoms with E-state index in [0.29, 0.717) is 19.8 Å². The standard InChI is InChI=1S/C28H39N3O4/c1-4-5-8-17-35-21-14-12-20(13-15-21)27-24-25(22-10-6-7-11-23(22)32)29-30-26(24)28(33)31(27)16-9-18-34-19(2)3/h6-7,10-15,19,24-27,29-30,32H,4-5,8-9,16-18H2,1-3H3. The first-order valence-electron chi connectivity index (χ1n) is 12.9. The van der Waals surface area contributed by atoms with E-state index in [0.717, 1.165) is 36.1 Å². The van der Waals surface area contributed by atoms with E-state index in [1.807, 2.05) is 49.1 Å². The van der Waals surface area contributed by atoms with Gasteiger partial charge in [-0.3, -0.25) is 4.79 Å². The predicted octanol–water partition coefficient (Wildman–Crippen LogP) is 4.49. The van der Waals surface area contributed by atoms with Gasteiger partial charge in [-0.05, 0) is 50.5 Å². The molecule has 0 aromatic heterocycles. The van der Waals surface area contributed by atoms with Crippen LogP contribution in [0.25, 0.3) is 0 Å². The van der Waals surface area contributed by atoms with E-state index >= 15 is 0 Å². The van der Waals surface area contributed by atoms with Crippen molar-refractivity contribution in [1.29, 1.82) is 0 Å². The summed E-state index contributed by atoms with van der Waals surface area (Å²) < 4.78 is 11.6. The average Bonchev–Trinajstić information content (AvgIpc) is 3.39. The third kappa shape index (κ3) is 5.80. The van der Waals surface area contributed by atoms with Crippen LogP contribution in [0.4, 0.5) is 0 Å². The van der Waals surface area contributed by atoms with Crippen LogP contribution in [0, 0.1) is 5.92 Å². The molecule has 35 heavy (non-hydrogen) atoms. The van der Waals surface area contributed by atoms with Gasteiger partial charge in [0.25, 0.3) is 0 Å². The normalized spacial score (nSPS) is 23.8. The highest BCUT2D eigenvalue weighted by molar-refractivity contribution is 5.86. The number of ether oxygens (including phenoxy) is 2. The van der Waals surface area contributed by atoms with E-state index in [9.17, 15) is 9.90 Å². The molecule has 3 N–H and O–H groups in total. The summed E-state index contributed by atoms with van der Waals surface area (Å²) >= 11 is 0. The number of nitrogens with one attached hydrogen (secondary N) is 2. The van der Waals surface area contributed by atoms with Gasteiger partial charge < -0.3 is 19.5 Å². The zero-order valence-corrected chi connectivity index (χ0v) is 21.1. The molecule has 2 aromatic carbocycles. The summed E-state index contributed by atoms with van der Waals surface area (Å²) in [5.74, 6) is 1.09. The Morgan fingerprint density at radius 3 is 2.43 bits per heavy atom. The minimum atomic E-state index is -0.361. The summed E-state index contributed by atoms with van der Waals surface area (Å²) in [6.45, 7) is 8.17. The second-order valence-corrected chi connectivity index (χ2v) is 9.75. The van der Waals surface area contributed by atoms with Crippen molar-refractivity contribution in [1.82, 2.24) is 15.8 Å². The molecule has 2 aliphatic heterocycles. The molecule has 0 spiro atoms. The van der Waals surface area contributed by atoms with Gasteiger partial charge >= 0.3 is 0 Å². The predicted molar refractivity (Wildman–Crippen MR) is 136 cm³/mol. The van der Waals surface area contributed by atoms with Crippen LogP contribution in [0.5, 0.6) is 11.5 Å². The number of phenolic OH excluding ortho intramolecular Hbond substituents is 1. The monoisotopic (exact) mass is 481 g/mol. The van der Waals surface area contributed by atoms with Crippen molar-refractivity contribution in [3.63, 3.8) is 0 Å². The highest BCUT2D eigenvalue weighted by atomic mass is 16.5. The van der Waals surface area contributed by atoms with Crippen LogP contribution in [0.1, 0.15) is 69.7 Å². The number of hydrazine groups is 1. The second kappa shape index (κ2) is 11.9. The smallest absolute Gasteiger partial charge is 0.242 e. The maximum Gasteiger partial charge on any atom is 0.242 e. The first kappa shape index (κ1) is 25.5. The molecule has 7 heteroatoms. The van der Waals surface area contributed by atoms with Gasteiger partial charge in [0.05, 0.1) is 24.8 Å². The molecule has 2 heterocycles. The van der Waals surface area contributed by atoms with Crippen molar-refractivity contribution in [2.24, 2.45) is 5.92 Å². The number of carbonyl (C=O) groups excluding carboxylic acids is 1. The number of likely N-dealkylation sites (tertiary alicyclic amines) is 1. The Kier molecular flexibility index (Phi) is 8.65. The minimum absolute atomic E-state index is 0.0712. The largest absolute Gasteiger partial charge is 0.508 e. The van der Waals surface area contributed by atoms with Crippen molar-refractivity contribution >= 4 is 5.91 Å². The third-order valence-electron chi connectivity index (χ3n) is 6.92. The van der Waals surface area contributed by atoms with Crippen LogP contribution in [0.2, 0.25) is 0 Å². The van der Waals surface area contributed by atoms with Gasteiger partial charge in [0.2, 0.25) is 5.91 Å². The van der Waals surface area contributed by atoms with E-state index in [1.165, 1.54) is 6.42 Å². The number of hydrogen-bond acceptors (Lipinski definition) is 6. The quantitative estimate of drug-likeness (QED) is 0.388. The molecule has 1 amide bonds. The molecule has 2 aliphatic rings. The highest BCUT2D eigenvalue weighted by Crippen LogP contribution is 2.48. The molecule has 0 aliphatic carbocycles. The zero-order chi connectivity index (χ0) is 24.8. The third-order valence-corrected chi connectivity index (χ3v) is 6.92. The number of benzene rings is 2. The number of fused-ring (bicyclic) bond motifs is 1. The van der Waals surface area contributed by atoms with E-state index in [4.69, 9.17) is 9.47 Å². The highest BCUT2D eigenvalue weighted by Gasteiger charge is 2.55. The fourth-order valence-electron chi connectivity index (χ4n) is 5.22. The summed E-state index contributed by atoms with van der Waals surface area (Å²) in [6, 6.07) is 14.8. The number of carbonyl (C=O) groups is 1. The van der Waals surface area contributed by atoms with Gasteiger partial charge in [0.1, 0.15) is 17.5 Å². The Morgan fingerprint density at radius 2 is 1.71 bits per heavy atom. The molecule has 190 valence electrons. The maximum atomic E-state index is 13.5. The number of amides is 1. The van der Waals surface area contributed by atoms with Crippen LogP contribution in [0.15, 0.2) is 48.5 Å². The summed E-state index contributed by atoms with van der Waals surface area (Å²) in [4.78, 5) is 15.5. The topological polar surface area (TPSA) is 83.1 Å². The molecule has 4 unspecified atom stereocenters. The molecule has 2 saturated heterocycles. The van der Waals surface area contributed by atoms with Crippen LogP contribution in [-0.2, 0) is 9.53 Å². The molecule has 2 fully saturated rings. The van der Waals surface area contributed by atoms with Gasteiger partial charge in [0, 0.05) is 24.6 Å². The van der Waals surface area contributed by atoms with Gasteiger partial charge in [-0.1, -0.05) is 50.1 Å². The van der Waals surface area contributed by atoms with Crippen molar-refractivity contribution in [2.45, 2.75) is 70.7 Å². The van der Waals surface area contributed by atoms with Gasteiger partial charge in [-0.25, -0.2) is 10.9 Å². The second-order valence-electron chi connectivity index (χ2n) is 9.75. The summed E-state index contributed by atoms with van der Waals surface area (Å²) in [5.41, 5.74) is 8.39. The van der Waals surface area contributed by atoms with Crippen LogP contribution < -0.4 is 15.6 Å². The molecule has 4 atom stereocenters. The van der Waals surface area contributed by atoms with E-state index in [1.54, 1.807) is 6.07 Å². The number of unbranched alkanes of at least 4 members (excludes halogenated alkanes) is 2. The minimum Gasteiger partial charge on any atom is -0.508 e. The van der Waals surface area contributed by atoms with Crippen molar-refractivity contribution in [3.05, 3.63) is 59.7 Å². The Bertz CT molecular complexity index is 965. The molecule has 0 radical (unpaired) electrons. The summed E-state index contributed by atoms with van der Waals surface area (Å²) in [6.07, 6.45) is 4.31. The fourth-order valence-corrected chi connectivity index (χ4v) is 5.22. The summed E-state index contributed by atoms with van der Waals surface area (Å²) in [7, 11) is 0. The molecule has 0 bridgehead atoms. The lowest BCUT2D eigenvalue weighted by atomic mass is 9.83. The average molecular weight is 482 g/mol. The molecular formula is C28H39N3O4. The number of para-hydroxylation sites is 1. The molecular weight excluding hydrogens is 442 g/mol. The van der Waals surface area contributed by atoms with Crippen LogP contribution in [0.3, 0.4) is 0 Å².